The van der Waals surface area contributed by atoms with E-state index < -0.39 is 0 Å². The molecule has 0 fully saturated rings. The van der Waals surface area contributed by atoms with E-state index in [-0.39, 0.29) is 0 Å². The Bertz CT molecular complexity index is 855. The average Bonchev–Trinajstić information content (AvgIpc) is 2.91. The van der Waals surface area contributed by atoms with E-state index in [1.165, 1.54) is 5.56 Å². The quantitative estimate of drug-likeness (QED) is 0.649. The summed E-state index contributed by atoms with van der Waals surface area (Å²) >= 11 is 0. The van der Waals surface area contributed by atoms with Crippen LogP contribution in [0.4, 0.5) is 0 Å². The van der Waals surface area contributed by atoms with Crippen LogP contribution in [0, 0.1) is 13.8 Å². The summed E-state index contributed by atoms with van der Waals surface area (Å²) in [6, 6.07) is 8.14. The van der Waals surface area contributed by atoms with Crippen LogP contribution in [0.3, 0.4) is 0 Å². The fraction of sp³-hybridized carbons (Fsp3) is 0.368. The maximum absolute atomic E-state index is 5.89. The van der Waals surface area contributed by atoms with E-state index in [1.54, 1.807) is 0 Å². The molecular weight excluding hydrogens is 302 g/mol. The van der Waals surface area contributed by atoms with Crippen LogP contribution in [0.15, 0.2) is 30.5 Å². The summed E-state index contributed by atoms with van der Waals surface area (Å²) in [5, 5.41) is 5.43. The molecule has 0 N–H and O–H groups in total. The van der Waals surface area contributed by atoms with Crippen molar-refractivity contribution in [2.45, 2.75) is 20.8 Å². The Labute approximate surface area is 142 Å². The van der Waals surface area contributed by atoms with E-state index >= 15 is 0 Å². The number of ether oxygens (including phenoxy) is 2. The van der Waals surface area contributed by atoms with Gasteiger partial charge in [-0.15, -0.1) is 0 Å². The Kier molecular flexibility index (Phi) is 4.81. The third-order valence-corrected chi connectivity index (χ3v) is 4.21. The van der Waals surface area contributed by atoms with Gasteiger partial charge in [-0.05, 0) is 38.5 Å². The third-order valence-electron chi connectivity index (χ3n) is 4.21. The third kappa shape index (κ3) is 3.12. The maximum atomic E-state index is 5.89. The summed E-state index contributed by atoms with van der Waals surface area (Å²) in [5.41, 5.74) is 5.12. The summed E-state index contributed by atoms with van der Waals surface area (Å²) in [6.45, 7) is 7.92. The van der Waals surface area contributed by atoms with Crippen molar-refractivity contribution in [2.75, 3.05) is 19.8 Å². The summed E-state index contributed by atoms with van der Waals surface area (Å²) in [4.78, 5) is 4.86. The first kappa shape index (κ1) is 16.5. The minimum atomic E-state index is 0.518. The van der Waals surface area contributed by atoms with Crippen molar-refractivity contribution in [3.8, 4) is 17.0 Å². The van der Waals surface area contributed by atoms with Crippen molar-refractivity contribution in [1.29, 1.82) is 0 Å². The number of rotatable bonds is 6. The van der Waals surface area contributed by atoms with Crippen LogP contribution >= 0.6 is 0 Å². The van der Waals surface area contributed by atoms with Crippen molar-refractivity contribution in [1.82, 2.24) is 14.8 Å². The molecule has 3 aromatic rings. The molecule has 0 bridgehead atoms. The first-order valence-corrected chi connectivity index (χ1v) is 8.21. The number of fused-ring (bicyclic) bond motifs is 1. The number of pyridine rings is 1. The molecule has 1 aromatic carbocycles. The number of aromatic nitrogens is 3. The van der Waals surface area contributed by atoms with Crippen molar-refractivity contribution in [3.05, 3.63) is 41.7 Å². The van der Waals surface area contributed by atoms with Gasteiger partial charge in [0.1, 0.15) is 17.9 Å². The van der Waals surface area contributed by atoms with Gasteiger partial charge in [-0.25, -0.2) is 4.98 Å². The highest BCUT2D eigenvalue weighted by Crippen LogP contribution is 2.31. The smallest absolute Gasteiger partial charge is 0.145 e. The molecular formula is C19H23N3O2. The normalized spacial score (nSPS) is 11.2. The van der Waals surface area contributed by atoms with Gasteiger partial charge in [0.2, 0.25) is 0 Å². The largest absolute Gasteiger partial charge is 0.489 e. The lowest BCUT2D eigenvalue weighted by Gasteiger charge is -2.12. The lowest BCUT2D eigenvalue weighted by molar-refractivity contribution is 0.110. The van der Waals surface area contributed by atoms with Gasteiger partial charge in [-0.2, -0.15) is 5.10 Å². The molecule has 3 rings (SSSR count). The van der Waals surface area contributed by atoms with Crippen molar-refractivity contribution >= 4 is 10.9 Å². The first-order chi connectivity index (χ1) is 11.6. The Morgan fingerprint density at radius 3 is 2.71 bits per heavy atom. The Morgan fingerprint density at radius 2 is 2.00 bits per heavy atom. The van der Waals surface area contributed by atoms with E-state index in [1.807, 2.05) is 43.9 Å². The molecule has 2 aromatic heterocycles. The second-order valence-corrected chi connectivity index (χ2v) is 5.79. The lowest BCUT2D eigenvalue weighted by atomic mass is 10.1. The van der Waals surface area contributed by atoms with Gasteiger partial charge < -0.3 is 9.47 Å². The first-order valence-electron chi connectivity index (χ1n) is 8.21. The number of para-hydroxylation sites is 1. The van der Waals surface area contributed by atoms with Crippen molar-refractivity contribution in [3.63, 3.8) is 0 Å². The van der Waals surface area contributed by atoms with Crippen LogP contribution in [0.25, 0.3) is 22.2 Å². The van der Waals surface area contributed by atoms with Crippen molar-refractivity contribution < 1.29 is 9.47 Å². The molecule has 0 aliphatic heterocycles. The highest BCUT2D eigenvalue weighted by Gasteiger charge is 2.13. The molecule has 2 heterocycles. The highest BCUT2D eigenvalue weighted by molar-refractivity contribution is 5.89. The van der Waals surface area contributed by atoms with Crippen LogP contribution < -0.4 is 4.74 Å². The number of hydrogen-bond acceptors (Lipinski definition) is 4. The van der Waals surface area contributed by atoms with Gasteiger partial charge in [0, 0.05) is 30.3 Å². The van der Waals surface area contributed by atoms with Crippen LogP contribution in [0.1, 0.15) is 18.2 Å². The van der Waals surface area contributed by atoms with E-state index in [4.69, 9.17) is 14.5 Å². The van der Waals surface area contributed by atoms with Crippen LogP contribution in [-0.4, -0.2) is 34.6 Å². The molecule has 0 atom stereocenters. The SMILES string of the molecule is CCOCCOc1cccc2c(C)cc(-c3cnn(C)c3C)nc12. The number of hydrogen-bond donors (Lipinski definition) is 0. The number of aryl methyl sites for hydroxylation is 2. The van der Waals surface area contributed by atoms with Gasteiger partial charge in [-0.3, -0.25) is 4.68 Å². The van der Waals surface area contributed by atoms with E-state index in [2.05, 4.69) is 24.2 Å². The van der Waals surface area contributed by atoms with Gasteiger partial charge in [0.25, 0.3) is 0 Å². The Balaban J connectivity index is 2.03. The predicted octanol–water partition coefficient (Wildman–Crippen LogP) is 3.67. The fourth-order valence-corrected chi connectivity index (χ4v) is 2.75. The van der Waals surface area contributed by atoms with Gasteiger partial charge in [0.05, 0.1) is 18.5 Å². The van der Waals surface area contributed by atoms with Gasteiger partial charge in [0.15, 0.2) is 0 Å². The summed E-state index contributed by atoms with van der Waals surface area (Å²) in [6.07, 6.45) is 1.86. The molecule has 0 radical (unpaired) electrons. The molecule has 0 aliphatic rings. The number of benzene rings is 1. The zero-order valence-electron chi connectivity index (χ0n) is 14.7. The van der Waals surface area contributed by atoms with Crippen molar-refractivity contribution in [2.24, 2.45) is 7.05 Å². The Hall–Kier alpha value is -2.40. The van der Waals surface area contributed by atoms with E-state index in [0.717, 1.165) is 33.6 Å². The molecule has 5 heteroatoms. The Morgan fingerprint density at radius 1 is 1.17 bits per heavy atom. The zero-order valence-corrected chi connectivity index (χ0v) is 14.7. The van der Waals surface area contributed by atoms with E-state index in [0.29, 0.717) is 19.8 Å². The standard InChI is InChI=1S/C19H23N3O2/c1-5-23-9-10-24-18-8-6-7-15-13(2)11-17(21-19(15)18)16-12-20-22(4)14(16)3/h6-8,11-12H,5,9-10H2,1-4H3. The summed E-state index contributed by atoms with van der Waals surface area (Å²) < 4.78 is 13.1. The second-order valence-electron chi connectivity index (χ2n) is 5.79. The molecule has 126 valence electrons. The summed E-state index contributed by atoms with van der Waals surface area (Å²) in [5.74, 6) is 0.790. The predicted molar refractivity (Wildman–Crippen MR) is 95.4 cm³/mol. The molecule has 5 nitrogen and oxygen atoms in total. The average molecular weight is 325 g/mol. The molecule has 0 saturated heterocycles. The molecule has 24 heavy (non-hydrogen) atoms. The fourth-order valence-electron chi connectivity index (χ4n) is 2.75. The van der Waals surface area contributed by atoms with E-state index in [9.17, 15) is 0 Å². The zero-order chi connectivity index (χ0) is 17.1. The second kappa shape index (κ2) is 7.01. The lowest BCUT2D eigenvalue weighted by Crippen LogP contribution is -2.07. The number of nitrogens with zero attached hydrogens (tertiary/aromatic N) is 3. The van der Waals surface area contributed by atoms with Gasteiger partial charge in [-0.1, -0.05) is 12.1 Å². The van der Waals surface area contributed by atoms with Crippen LogP contribution in [0.2, 0.25) is 0 Å². The minimum Gasteiger partial charge on any atom is -0.489 e. The topological polar surface area (TPSA) is 49.2 Å². The van der Waals surface area contributed by atoms with Crippen LogP contribution in [0.5, 0.6) is 5.75 Å². The van der Waals surface area contributed by atoms with Crippen LogP contribution in [-0.2, 0) is 11.8 Å². The minimum absolute atomic E-state index is 0.518. The molecule has 0 amide bonds. The van der Waals surface area contributed by atoms with Gasteiger partial charge >= 0.3 is 0 Å². The maximum Gasteiger partial charge on any atom is 0.145 e. The molecule has 0 unspecified atom stereocenters. The monoisotopic (exact) mass is 325 g/mol. The summed E-state index contributed by atoms with van der Waals surface area (Å²) in [7, 11) is 1.94. The molecule has 0 saturated carbocycles. The molecule has 0 aliphatic carbocycles. The molecule has 0 spiro atoms. The highest BCUT2D eigenvalue weighted by atomic mass is 16.5.